The number of benzene rings is 2. The van der Waals surface area contributed by atoms with Gasteiger partial charge in [0.2, 0.25) is 0 Å². The Morgan fingerprint density at radius 2 is 1.84 bits per heavy atom. The largest absolute Gasteiger partial charge is 0.497 e. The van der Waals surface area contributed by atoms with Gasteiger partial charge < -0.3 is 14.7 Å². The van der Waals surface area contributed by atoms with Crippen molar-refractivity contribution >= 4 is 16.9 Å². The van der Waals surface area contributed by atoms with Gasteiger partial charge in [-0.15, -0.1) is 0 Å². The predicted molar refractivity (Wildman–Crippen MR) is 136 cm³/mol. The molecule has 1 aliphatic rings. The van der Waals surface area contributed by atoms with Crippen LogP contribution in [0.15, 0.2) is 36.5 Å². The number of hydrogen-bond acceptors (Lipinski definition) is 4. The number of methoxy groups -OCH3 is 1. The number of hydrogen-bond donors (Lipinski definition) is 1. The van der Waals surface area contributed by atoms with Gasteiger partial charge in [0.05, 0.1) is 18.0 Å². The summed E-state index contributed by atoms with van der Waals surface area (Å²) in [6.45, 7) is 3.48. The monoisotopic (exact) mass is 532 g/mol. The molecule has 1 fully saturated rings. The number of piperidine rings is 1. The Morgan fingerprint density at radius 3 is 2.47 bits per heavy atom. The van der Waals surface area contributed by atoms with Crippen molar-refractivity contribution < 1.29 is 32.2 Å². The maximum Gasteiger partial charge on any atom is 0.309 e. The highest BCUT2D eigenvalue weighted by molar-refractivity contribution is 5.85. The van der Waals surface area contributed by atoms with Gasteiger partial charge in [0.15, 0.2) is 17.5 Å². The predicted octanol–water partition coefficient (Wildman–Crippen LogP) is 6.56. The first-order chi connectivity index (χ1) is 18.1. The van der Waals surface area contributed by atoms with Crippen LogP contribution in [-0.2, 0) is 11.2 Å². The van der Waals surface area contributed by atoms with Crippen LogP contribution in [0, 0.1) is 29.8 Å². The first-order valence-corrected chi connectivity index (χ1v) is 12.8. The number of ether oxygens (including phenoxy) is 1. The van der Waals surface area contributed by atoms with Crippen LogP contribution in [0.3, 0.4) is 0 Å². The Hall–Kier alpha value is -3.20. The van der Waals surface area contributed by atoms with Crippen LogP contribution >= 0.6 is 0 Å². The zero-order valence-corrected chi connectivity index (χ0v) is 21.6. The topological polar surface area (TPSA) is 62.7 Å². The molecule has 2 aromatic carbocycles. The maximum atomic E-state index is 15.7. The third-order valence-corrected chi connectivity index (χ3v) is 7.76. The van der Waals surface area contributed by atoms with Crippen molar-refractivity contribution in [1.82, 2.24) is 9.88 Å². The molecule has 0 bridgehead atoms. The number of carbonyl (C=O) groups is 1. The van der Waals surface area contributed by atoms with E-state index in [4.69, 9.17) is 4.74 Å². The minimum absolute atomic E-state index is 0.0746. The first-order valence-electron chi connectivity index (χ1n) is 12.8. The highest BCUT2D eigenvalue weighted by Crippen LogP contribution is 2.41. The molecule has 0 saturated carbocycles. The third kappa shape index (κ3) is 5.93. The molecule has 0 spiro atoms. The average molecular weight is 533 g/mol. The SMILES string of the molecule is COc1ccc2ncc(C)c([C@H](F)CCC3(C(=O)O)CCN(CCCc4cc(F)c(F)c(F)c4)CC3)c2c1. The van der Waals surface area contributed by atoms with Gasteiger partial charge in [0.25, 0.3) is 0 Å². The maximum absolute atomic E-state index is 15.7. The number of halogens is 4. The van der Waals surface area contributed by atoms with Crippen molar-refractivity contribution in [3.8, 4) is 5.75 Å². The number of carboxylic acid groups (broad SMARTS) is 1. The summed E-state index contributed by atoms with van der Waals surface area (Å²) in [4.78, 5) is 18.8. The lowest BCUT2D eigenvalue weighted by Gasteiger charge is -2.39. The summed E-state index contributed by atoms with van der Waals surface area (Å²) in [5.74, 6) is -4.20. The van der Waals surface area contributed by atoms with Crippen molar-refractivity contribution in [2.24, 2.45) is 5.41 Å². The molecule has 9 heteroatoms. The standard InChI is InChI=1S/C29H32F4N2O3/c1-18-17-34-25-6-5-20(38-2)16-21(25)26(18)22(30)7-8-29(28(36)37)9-12-35(13-10-29)11-3-4-19-14-23(31)27(33)24(32)15-19/h5-6,14-17,22H,3-4,7-13H2,1-2H3,(H,36,37)/t22-/m1/s1. The van der Waals surface area contributed by atoms with Crippen molar-refractivity contribution in [1.29, 1.82) is 0 Å². The number of nitrogens with zero attached hydrogens (tertiary/aromatic N) is 2. The lowest BCUT2D eigenvalue weighted by molar-refractivity contribution is -0.153. The van der Waals surface area contributed by atoms with E-state index < -0.39 is 35.0 Å². The second-order valence-electron chi connectivity index (χ2n) is 10.1. The lowest BCUT2D eigenvalue weighted by Crippen LogP contribution is -2.44. The lowest BCUT2D eigenvalue weighted by atomic mass is 9.74. The second-order valence-corrected chi connectivity index (χ2v) is 10.1. The number of likely N-dealkylation sites (tertiary alicyclic amines) is 1. The number of fused-ring (bicyclic) bond motifs is 1. The Labute approximate surface area is 219 Å². The number of carboxylic acids is 1. The molecule has 0 radical (unpaired) electrons. The van der Waals surface area contributed by atoms with E-state index in [2.05, 4.69) is 9.88 Å². The normalized spacial score (nSPS) is 16.5. The summed E-state index contributed by atoms with van der Waals surface area (Å²) in [7, 11) is 1.54. The molecule has 0 aliphatic carbocycles. The van der Waals surface area contributed by atoms with Gasteiger partial charge in [-0.1, -0.05) is 0 Å². The Balaban J connectivity index is 1.36. The minimum Gasteiger partial charge on any atom is -0.497 e. The fourth-order valence-corrected chi connectivity index (χ4v) is 5.42. The van der Waals surface area contributed by atoms with Crippen LogP contribution in [0.4, 0.5) is 17.6 Å². The zero-order chi connectivity index (χ0) is 27.4. The van der Waals surface area contributed by atoms with Crippen molar-refractivity contribution in [3.05, 3.63) is 70.7 Å². The van der Waals surface area contributed by atoms with E-state index in [1.54, 1.807) is 38.4 Å². The Morgan fingerprint density at radius 1 is 1.16 bits per heavy atom. The molecule has 1 N–H and O–H groups in total. The molecule has 1 saturated heterocycles. The van der Waals surface area contributed by atoms with E-state index in [0.717, 1.165) is 12.1 Å². The molecule has 204 valence electrons. The molecular formula is C29H32F4N2O3. The molecule has 0 unspecified atom stereocenters. The second kappa shape index (κ2) is 11.7. The highest BCUT2D eigenvalue weighted by Gasteiger charge is 2.41. The van der Waals surface area contributed by atoms with Crippen LogP contribution in [0.25, 0.3) is 10.9 Å². The third-order valence-electron chi connectivity index (χ3n) is 7.76. The smallest absolute Gasteiger partial charge is 0.309 e. The van der Waals surface area contributed by atoms with E-state index >= 15 is 4.39 Å². The minimum atomic E-state index is -1.47. The van der Waals surface area contributed by atoms with Crippen LogP contribution < -0.4 is 4.74 Å². The van der Waals surface area contributed by atoms with Crippen LogP contribution in [0.5, 0.6) is 5.75 Å². The molecule has 0 amide bonds. The molecule has 1 aromatic heterocycles. The molecule has 4 rings (SSSR count). The van der Waals surface area contributed by atoms with Crippen LogP contribution in [0.2, 0.25) is 0 Å². The number of alkyl halides is 1. The Bertz CT molecular complexity index is 1290. The quantitative estimate of drug-likeness (QED) is 0.237. The summed E-state index contributed by atoms with van der Waals surface area (Å²) in [5, 5.41) is 10.7. The fourth-order valence-electron chi connectivity index (χ4n) is 5.42. The van der Waals surface area contributed by atoms with E-state index in [-0.39, 0.29) is 12.8 Å². The highest BCUT2D eigenvalue weighted by atomic mass is 19.2. The van der Waals surface area contributed by atoms with Gasteiger partial charge in [-0.2, -0.15) is 0 Å². The molecule has 2 heterocycles. The molecule has 1 aliphatic heterocycles. The van der Waals surface area contributed by atoms with Gasteiger partial charge in [0, 0.05) is 11.6 Å². The van der Waals surface area contributed by atoms with E-state index in [9.17, 15) is 23.1 Å². The Kier molecular flexibility index (Phi) is 8.55. The molecule has 5 nitrogen and oxygen atoms in total. The number of aromatic nitrogens is 1. The van der Waals surface area contributed by atoms with Crippen LogP contribution in [-0.4, -0.2) is 47.7 Å². The number of pyridine rings is 1. The van der Waals surface area contributed by atoms with Gasteiger partial charge in [-0.25, -0.2) is 17.6 Å². The number of rotatable bonds is 10. The first kappa shape index (κ1) is 27.8. The number of aliphatic carboxylic acids is 1. The van der Waals surface area contributed by atoms with Crippen molar-refractivity contribution in [3.63, 3.8) is 0 Å². The van der Waals surface area contributed by atoms with E-state index in [0.29, 0.717) is 78.7 Å². The molecule has 38 heavy (non-hydrogen) atoms. The van der Waals surface area contributed by atoms with Gasteiger partial charge >= 0.3 is 5.97 Å². The molecule has 1 atom stereocenters. The molecular weight excluding hydrogens is 500 g/mol. The van der Waals surface area contributed by atoms with Gasteiger partial charge in [-0.3, -0.25) is 9.78 Å². The average Bonchev–Trinajstić information content (AvgIpc) is 2.90. The fraction of sp³-hybridized carbons (Fsp3) is 0.448. The summed E-state index contributed by atoms with van der Waals surface area (Å²) in [6.07, 6.45) is 2.31. The van der Waals surface area contributed by atoms with Gasteiger partial charge in [-0.05, 0) is 112 Å². The van der Waals surface area contributed by atoms with Crippen molar-refractivity contribution in [2.45, 2.75) is 51.6 Å². The summed E-state index contributed by atoms with van der Waals surface area (Å²) in [5.41, 5.74) is 1.24. The molecule has 3 aromatic rings. The summed E-state index contributed by atoms with van der Waals surface area (Å²) >= 11 is 0. The summed E-state index contributed by atoms with van der Waals surface area (Å²) < 4.78 is 61.0. The van der Waals surface area contributed by atoms with E-state index in [1.165, 1.54) is 0 Å². The summed E-state index contributed by atoms with van der Waals surface area (Å²) in [6, 6.07) is 7.31. The van der Waals surface area contributed by atoms with E-state index in [1.807, 2.05) is 0 Å². The number of aryl methyl sites for hydroxylation is 2. The van der Waals surface area contributed by atoms with Crippen molar-refractivity contribution in [2.75, 3.05) is 26.7 Å². The van der Waals surface area contributed by atoms with Gasteiger partial charge in [0.1, 0.15) is 11.9 Å². The zero-order valence-electron chi connectivity index (χ0n) is 21.6. The van der Waals surface area contributed by atoms with Crippen LogP contribution in [0.1, 0.15) is 55.0 Å².